The van der Waals surface area contributed by atoms with Gasteiger partial charge >= 0.3 is 0 Å². The van der Waals surface area contributed by atoms with Crippen LogP contribution in [0.5, 0.6) is 5.88 Å². The molecule has 0 aliphatic rings. The average molecular weight is 273 g/mol. The van der Waals surface area contributed by atoms with Crippen LogP contribution < -0.4 is 4.74 Å². The third-order valence-corrected chi connectivity index (χ3v) is 3.25. The molecule has 0 aliphatic heterocycles. The van der Waals surface area contributed by atoms with E-state index < -0.39 is 0 Å². The van der Waals surface area contributed by atoms with Gasteiger partial charge in [-0.05, 0) is 23.6 Å². The molecule has 0 radical (unpaired) electrons. The van der Waals surface area contributed by atoms with Gasteiger partial charge in [-0.2, -0.15) is 4.98 Å². The first-order chi connectivity index (χ1) is 9.38. The number of nitrogens with zero attached hydrogens (tertiary/aromatic N) is 3. The van der Waals surface area contributed by atoms with Crippen LogP contribution in [0.2, 0.25) is 0 Å². The van der Waals surface area contributed by atoms with Crippen molar-refractivity contribution in [3.8, 4) is 17.4 Å². The molecule has 0 atom stereocenters. The van der Waals surface area contributed by atoms with Crippen LogP contribution in [-0.4, -0.2) is 22.1 Å². The van der Waals surface area contributed by atoms with Crippen molar-refractivity contribution < 1.29 is 4.74 Å². The highest BCUT2D eigenvalue weighted by Gasteiger charge is 2.11. The Hall–Kier alpha value is -2.01. The third-order valence-electron chi connectivity index (χ3n) is 2.36. The molecule has 0 N–H and O–H groups in total. The fraction of sp³-hybridized carbons (Fsp3) is 0.214. The second kappa shape index (κ2) is 6.24. The van der Waals surface area contributed by atoms with Crippen molar-refractivity contribution in [1.82, 2.24) is 15.0 Å². The van der Waals surface area contributed by atoms with Gasteiger partial charge in [0.2, 0.25) is 5.88 Å². The quantitative estimate of drug-likeness (QED) is 0.712. The third kappa shape index (κ3) is 2.71. The van der Waals surface area contributed by atoms with Gasteiger partial charge in [0, 0.05) is 6.20 Å². The van der Waals surface area contributed by atoms with E-state index in [0.717, 1.165) is 15.9 Å². The lowest BCUT2D eigenvalue weighted by Crippen LogP contribution is -1.95. The zero-order valence-electron chi connectivity index (χ0n) is 11.1. The van der Waals surface area contributed by atoms with Crippen LogP contribution in [0.15, 0.2) is 35.8 Å². The van der Waals surface area contributed by atoms with E-state index in [2.05, 4.69) is 15.0 Å². The van der Waals surface area contributed by atoms with E-state index in [1.165, 1.54) is 0 Å². The molecule has 0 aliphatic carbocycles. The van der Waals surface area contributed by atoms with Gasteiger partial charge < -0.3 is 4.74 Å². The van der Waals surface area contributed by atoms with E-state index in [9.17, 15) is 0 Å². The SMILES string of the molecule is CC.COc1nc(-c2ccccn2)nc2ccsc12. The number of ether oxygens (including phenoxy) is 1. The summed E-state index contributed by atoms with van der Waals surface area (Å²) in [7, 11) is 1.61. The molecule has 3 aromatic rings. The van der Waals surface area contributed by atoms with Crippen molar-refractivity contribution in [2.24, 2.45) is 0 Å². The molecule has 0 spiro atoms. The maximum Gasteiger partial charge on any atom is 0.235 e. The number of pyridine rings is 1. The molecular formula is C14H15N3OS. The van der Waals surface area contributed by atoms with E-state index in [4.69, 9.17) is 4.74 Å². The molecule has 4 nitrogen and oxygen atoms in total. The predicted molar refractivity (Wildman–Crippen MR) is 78.5 cm³/mol. The summed E-state index contributed by atoms with van der Waals surface area (Å²) < 4.78 is 6.24. The van der Waals surface area contributed by atoms with Crippen molar-refractivity contribution in [3.63, 3.8) is 0 Å². The molecule has 0 saturated heterocycles. The van der Waals surface area contributed by atoms with Crippen molar-refractivity contribution in [1.29, 1.82) is 0 Å². The lowest BCUT2D eigenvalue weighted by atomic mass is 10.3. The van der Waals surface area contributed by atoms with E-state index in [-0.39, 0.29) is 0 Å². The van der Waals surface area contributed by atoms with Crippen LogP contribution in [0.25, 0.3) is 21.7 Å². The van der Waals surface area contributed by atoms with E-state index in [1.807, 2.05) is 43.5 Å². The zero-order chi connectivity index (χ0) is 13.7. The van der Waals surface area contributed by atoms with E-state index in [0.29, 0.717) is 11.7 Å². The highest BCUT2D eigenvalue weighted by molar-refractivity contribution is 7.17. The molecule has 0 aromatic carbocycles. The Balaban J connectivity index is 0.000000637. The van der Waals surface area contributed by atoms with Crippen LogP contribution in [0.3, 0.4) is 0 Å². The predicted octanol–water partition coefficient (Wildman–Crippen LogP) is 3.79. The number of hydrogen-bond donors (Lipinski definition) is 0. The molecule has 3 aromatic heterocycles. The minimum Gasteiger partial charge on any atom is -0.480 e. The van der Waals surface area contributed by atoms with Gasteiger partial charge in [0.05, 0.1) is 12.6 Å². The Morgan fingerprint density at radius 2 is 1.95 bits per heavy atom. The number of hydrogen-bond acceptors (Lipinski definition) is 5. The number of rotatable bonds is 2. The minimum atomic E-state index is 0.591. The summed E-state index contributed by atoms with van der Waals surface area (Å²) in [4.78, 5) is 13.1. The first-order valence-electron chi connectivity index (χ1n) is 6.09. The van der Waals surface area contributed by atoms with Gasteiger partial charge in [0.15, 0.2) is 5.82 Å². The van der Waals surface area contributed by atoms with Gasteiger partial charge in [-0.25, -0.2) is 4.98 Å². The highest BCUT2D eigenvalue weighted by Crippen LogP contribution is 2.29. The highest BCUT2D eigenvalue weighted by atomic mass is 32.1. The smallest absolute Gasteiger partial charge is 0.235 e. The molecular weight excluding hydrogens is 258 g/mol. The Labute approximate surface area is 116 Å². The van der Waals surface area contributed by atoms with Crippen LogP contribution in [-0.2, 0) is 0 Å². The zero-order valence-corrected chi connectivity index (χ0v) is 11.9. The monoisotopic (exact) mass is 273 g/mol. The Bertz CT molecular complexity index is 652. The van der Waals surface area contributed by atoms with Gasteiger partial charge in [-0.3, -0.25) is 4.98 Å². The second-order valence-corrected chi connectivity index (χ2v) is 4.32. The van der Waals surface area contributed by atoms with E-state index >= 15 is 0 Å². The molecule has 0 bridgehead atoms. The van der Waals surface area contributed by atoms with Crippen molar-refractivity contribution in [2.45, 2.75) is 13.8 Å². The summed E-state index contributed by atoms with van der Waals surface area (Å²) in [6, 6.07) is 7.61. The summed E-state index contributed by atoms with van der Waals surface area (Å²) in [6.45, 7) is 4.00. The normalized spacial score (nSPS) is 9.84. The summed E-state index contributed by atoms with van der Waals surface area (Å²) in [5, 5.41) is 1.98. The van der Waals surface area contributed by atoms with Gasteiger partial charge in [-0.15, -0.1) is 11.3 Å². The van der Waals surface area contributed by atoms with Crippen LogP contribution >= 0.6 is 11.3 Å². The maximum atomic E-state index is 5.28. The summed E-state index contributed by atoms with van der Waals surface area (Å²) >= 11 is 1.57. The maximum absolute atomic E-state index is 5.28. The average Bonchev–Trinajstić information content (AvgIpc) is 2.97. The van der Waals surface area contributed by atoms with Crippen molar-refractivity contribution in [3.05, 3.63) is 35.8 Å². The number of aromatic nitrogens is 3. The van der Waals surface area contributed by atoms with E-state index in [1.54, 1.807) is 24.6 Å². The minimum absolute atomic E-state index is 0.591. The number of thiophene rings is 1. The first-order valence-corrected chi connectivity index (χ1v) is 6.97. The summed E-state index contributed by atoms with van der Waals surface area (Å²) in [5.74, 6) is 1.19. The standard InChI is InChI=1S/C12H9N3OS.C2H6/c1-16-12-10-8(5-7-17-10)14-11(15-12)9-4-2-3-6-13-9;1-2/h2-7H,1H3;1-2H3. The molecule has 3 heterocycles. The van der Waals surface area contributed by atoms with Crippen molar-refractivity contribution >= 4 is 21.6 Å². The lowest BCUT2D eigenvalue weighted by molar-refractivity contribution is 0.404. The van der Waals surface area contributed by atoms with Gasteiger partial charge in [-0.1, -0.05) is 19.9 Å². The first kappa shape index (κ1) is 13.4. The topological polar surface area (TPSA) is 47.9 Å². The molecule has 98 valence electrons. The molecule has 0 amide bonds. The fourth-order valence-corrected chi connectivity index (χ4v) is 2.38. The van der Waals surface area contributed by atoms with Crippen molar-refractivity contribution in [2.75, 3.05) is 7.11 Å². The van der Waals surface area contributed by atoms with Crippen LogP contribution in [0.1, 0.15) is 13.8 Å². The fourth-order valence-electron chi connectivity index (χ4n) is 1.58. The Morgan fingerprint density at radius 3 is 2.63 bits per heavy atom. The second-order valence-electron chi connectivity index (χ2n) is 3.41. The number of fused-ring (bicyclic) bond motifs is 1. The molecule has 0 unspecified atom stereocenters. The summed E-state index contributed by atoms with van der Waals surface area (Å²) in [6.07, 6.45) is 1.73. The molecule has 3 rings (SSSR count). The largest absolute Gasteiger partial charge is 0.480 e. The molecule has 0 fully saturated rings. The summed E-state index contributed by atoms with van der Waals surface area (Å²) in [5.41, 5.74) is 1.64. The number of methoxy groups -OCH3 is 1. The van der Waals surface area contributed by atoms with Crippen LogP contribution in [0.4, 0.5) is 0 Å². The lowest BCUT2D eigenvalue weighted by Gasteiger charge is -2.03. The molecule has 19 heavy (non-hydrogen) atoms. The Morgan fingerprint density at radius 1 is 1.11 bits per heavy atom. The van der Waals surface area contributed by atoms with Gasteiger partial charge in [0.1, 0.15) is 10.4 Å². The van der Waals surface area contributed by atoms with Gasteiger partial charge in [0.25, 0.3) is 0 Å². The van der Waals surface area contributed by atoms with Crippen LogP contribution in [0, 0.1) is 0 Å². The molecule has 0 saturated carbocycles. The Kier molecular flexibility index (Phi) is 4.41. The molecule has 5 heteroatoms.